The van der Waals surface area contributed by atoms with Crippen molar-refractivity contribution in [3.63, 3.8) is 0 Å². The lowest BCUT2D eigenvalue weighted by Gasteiger charge is -2.16. The quantitative estimate of drug-likeness (QED) is 0.122. The number of rotatable bonds is 10. The summed E-state index contributed by atoms with van der Waals surface area (Å²) < 4.78 is 11.0. The Hall–Kier alpha value is -5.86. The molecule has 47 heavy (non-hydrogen) atoms. The predicted octanol–water partition coefficient (Wildman–Crippen LogP) is 7.74. The number of phenolic OH excluding ortho intramolecular Hbond substituents is 1. The molecule has 1 atom stereocenters. The largest absolute Gasteiger partial charge is 0.507 e. The van der Waals surface area contributed by atoms with Gasteiger partial charge in [-0.15, -0.1) is 0 Å². The monoisotopic (exact) mass is 622 g/mol. The molecular formula is C39H34N4O4. The van der Waals surface area contributed by atoms with Crippen LogP contribution in [0.1, 0.15) is 6.92 Å². The van der Waals surface area contributed by atoms with Crippen LogP contribution in [0.5, 0.6) is 11.5 Å². The van der Waals surface area contributed by atoms with Crippen molar-refractivity contribution in [3.05, 3.63) is 127 Å². The van der Waals surface area contributed by atoms with Crippen molar-refractivity contribution < 1.29 is 19.4 Å². The lowest BCUT2D eigenvalue weighted by atomic mass is 10.0. The first kappa shape index (κ1) is 31.1. The van der Waals surface area contributed by atoms with Gasteiger partial charge in [-0.3, -0.25) is 4.90 Å². The molecule has 0 aliphatic heterocycles. The van der Waals surface area contributed by atoms with Crippen molar-refractivity contribution >= 4 is 5.97 Å². The number of nitrogens with zero attached hydrogens (tertiary/aromatic N) is 4. The van der Waals surface area contributed by atoms with Gasteiger partial charge in [0.15, 0.2) is 23.6 Å². The molecule has 6 rings (SSSR count). The topological polar surface area (TPSA) is 97.7 Å². The third-order valence-corrected chi connectivity index (χ3v) is 7.46. The highest BCUT2D eigenvalue weighted by molar-refractivity contribution is 5.76. The van der Waals surface area contributed by atoms with E-state index in [2.05, 4.69) is 24.3 Å². The Labute approximate surface area is 274 Å². The molecule has 0 aliphatic carbocycles. The summed E-state index contributed by atoms with van der Waals surface area (Å²) in [6.07, 6.45) is -0.867. The molecule has 0 radical (unpaired) electrons. The van der Waals surface area contributed by atoms with Crippen molar-refractivity contribution in [2.75, 3.05) is 20.8 Å². The fraction of sp³-hybridized carbons (Fsp3) is 0.128. The molecule has 0 bridgehead atoms. The second-order valence-corrected chi connectivity index (χ2v) is 11.3. The summed E-state index contributed by atoms with van der Waals surface area (Å²) in [6, 6.07) is 41.2. The van der Waals surface area contributed by atoms with E-state index in [0.717, 1.165) is 33.4 Å². The van der Waals surface area contributed by atoms with Crippen LogP contribution in [0.25, 0.3) is 56.4 Å². The van der Waals surface area contributed by atoms with E-state index in [4.69, 9.17) is 24.4 Å². The summed E-state index contributed by atoms with van der Waals surface area (Å²) >= 11 is 0. The van der Waals surface area contributed by atoms with Gasteiger partial charge in [-0.1, -0.05) is 109 Å². The molecule has 5 aromatic carbocycles. The third-order valence-electron chi connectivity index (χ3n) is 7.46. The van der Waals surface area contributed by atoms with E-state index in [1.165, 1.54) is 6.07 Å². The van der Waals surface area contributed by atoms with Crippen LogP contribution in [-0.2, 0) is 9.53 Å². The zero-order chi connectivity index (χ0) is 32.8. The van der Waals surface area contributed by atoms with Gasteiger partial charge < -0.3 is 14.6 Å². The molecule has 1 aromatic heterocycles. The molecule has 6 aromatic rings. The predicted molar refractivity (Wildman–Crippen MR) is 183 cm³/mol. The second-order valence-electron chi connectivity index (χ2n) is 11.3. The third kappa shape index (κ3) is 7.52. The standard InChI is InChI=1S/C39H34N4O4/c1-26(39(45)46-25-43(2)3)47-33-22-23-34(35(44)24-33)38-41-36(31-18-14-29(15-19-31)27-10-6-4-7-11-27)40-37(42-38)32-20-16-30(17-21-32)28-12-8-5-9-13-28/h4-24,26,44H,25H2,1-3H3. The second kappa shape index (κ2) is 14.1. The average Bonchev–Trinajstić information content (AvgIpc) is 3.11. The lowest BCUT2D eigenvalue weighted by Crippen LogP contribution is -2.29. The van der Waals surface area contributed by atoms with Crippen LogP contribution in [0, 0.1) is 0 Å². The van der Waals surface area contributed by atoms with E-state index in [1.807, 2.05) is 84.9 Å². The van der Waals surface area contributed by atoms with Crippen molar-refractivity contribution in [2.24, 2.45) is 0 Å². The van der Waals surface area contributed by atoms with E-state index < -0.39 is 12.1 Å². The summed E-state index contributed by atoms with van der Waals surface area (Å²) in [5.74, 6) is 0.932. The molecule has 8 heteroatoms. The van der Waals surface area contributed by atoms with Crippen LogP contribution in [0.3, 0.4) is 0 Å². The SMILES string of the molecule is CC(Oc1ccc(-c2nc(-c3ccc(-c4ccccc4)cc3)nc(-c3ccc(-c4ccccc4)cc3)n2)c(O)c1)C(=O)OCN(C)C. The maximum absolute atomic E-state index is 12.3. The fourth-order valence-corrected chi connectivity index (χ4v) is 4.98. The van der Waals surface area contributed by atoms with Crippen LogP contribution >= 0.6 is 0 Å². The number of carbonyl (C=O) groups excluding carboxylic acids is 1. The van der Waals surface area contributed by atoms with Crippen LogP contribution in [-0.4, -0.2) is 57.9 Å². The first-order chi connectivity index (χ1) is 22.8. The van der Waals surface area contributed by atoms with Crippen molar-refractivity contribution in [2.45, 2.75) is 13.0 Å². The maximum atomic E-state index is 12.3. The van der Waals surface area contributed by atoms with Gasteiger partial charge in [-0.2, -0.15) is 0 Å². The minimum absolute atomic E-state index is 0.0988. The number of hydrogen-bond donors (Lipinski definition) is 1. The van der Waals surface area contributed by atoms with E-state index >= 15 is 0 Å². The first-order valence-electron chi connectivity index (χ1n) is 15.2. The minimum atomic E-state index is -0.867. The van der Waals surface area contributed by atoms with Gasteiger partial charge in [0.05, 0.1) is 5.56 Å². The van der Waals surface area contributed by atoms with Gasteiger partial charge >= 0.3 is 5.97 Å². The summed E-state index contributed by atoms with van der Waals surface area (Å²) in [4.78, 5) is 28.5. The molecule has 0 saturated heterocycles. The number of benzene rings is 5. The summed E-state index contributed by atoms with van der Waals surface area (Å²) in [7, 11) is 3.60. The van der Waals surface area contributed by atoms with Gasteiger partial charge in [0.25, 0.3) is 0 Å². The molecule has 0 spiro atoms. The molecule has 0 amide bonds. The Morgan fingerprint density at radius 3 is 1.55 bits per heavy atom. The Morgan fingerprint density at radius 1 is 0.638 bits per heavy atom. The van der Waals surface area contributed by atoms with Crippen molar-refractivity contribution in [1.82, 2.24) is 19.9 Å². The van der Waals surface area contributed by atoms with E-state index in [9.17, 15) is 9.90 Å². The Kier molecular flexibility index (Phi) is 9.31. The highest BCUT2D eigenvalue weighted by atomic mass is 16.6. The highest BCUT2D eigenvalue weighted by Crippen LogP contribution is 2.34. The van der Waals surface area contributed by atoms with Gasteiger partial charge in [-0.25, -0.2) is 19.7 Å². The zero-order valence-corrected chi connectivity index (χ0v) is 26.4. The molecule has 0 aliphatic rings. The van der Waals surface area contributed by atoms with Crippen LogP contribution in [0.15, 0.2) is 127 Å². The molecule has 0 fully saturated rings. The molecular weight excluding hydrogens is 588 g/mol. The van der Waals surface area contributed by atoms with Gasteiger partial charge in [0, 0.05) is 17.2 Å². The van der Waals surface area contributed by atoms with Crippen LogP contribution < -0.4 is 4.74 Å². The van der Waals surface area contributed by atoms with Gasteiger partial charge in [-0.05, 0) is 55.4 Å². The first-order valence-corrected chi connectivity index (χ1v) is 15.2. The zero-order valence-electron chi connectivity index (χ0n) is 26.4. The van der Waals surface area contributed by atoms with E-state index in [1.54, 1.807) is 38.1 Å². The molecule has 1 unspecified atom stereocenters. The number of aromatic nitrogens is 3. The minimum Gasteiger partial charge on any atom is -0.507 e. The van der Waals surface area contributed by atoms with E-state index in [-0.39, 0.29) is 12.5 Å². The van der Waals surface area contributed by atoms with Crippen molar-refractivity contribution in [3.8, 4) is 67.9 Å². The number of esters is 1. The normalized spacial score (nSPS) is 11.7. The smallest absolute Gasteiger partial charge is 0.348 e. The highest BCUT2D eigenvalue weighted by Gasteiger charge is 2.19. The maximum Gasteiger partial charge on any atom is 0.348 e. The molecule has 0 saturated carbocycles. The lowest BCUT2D eigenvalue weighted by molar-refractivity contribution is -0.154. The number of ether oxygens (including phenoxy) is 2. The molecule has 8 nitrogen and oxygen atoms in total. The molecule has 234 valence electrons. The summed E-state index contributed by atoms with van der Waals surface area (Å²) in [5.41, 5.74) is 6.39. The van der Waals surface area contributed by atoms with Crippen molar-refractivity contribution in [1.29, 1.82) is 0 Å². The number of aromatic hydroxyl groups is 1. The number of hydrogen-bond acceptors (Lipinski definition) is 8. The van der Waals surface area contributed by atoms with Gasteiger partial charge in [0.2, 0.25) is 0 Å². The summed E-state index contributed by atoms with van der Waals surface area (Å²) in [6.45, 7) is 1.74. The molecule has 1 N–H and O–H groups in total. The fourth-order valence-electron chi connectivity index (χ4n) is 4.98. The number of carbonyl (C=O) groups is 1. The van der Waals surface area contributed by atoms with E-state index in [0.29, 0.717) is 28.8 Å². The number of phenols is 1. The Balaban J connectivity index is 1.35. The van der Waals surface area contributed by atoms with Crippen LogP contribution in [0.4, 0.5) is 0 Å². The Morgan fingerprint density at radius 2 is 1.09 bits per heavy atom. The molecule has 1 heterocycles. The van der Waals surface area contributed by atoms with Crippen LogP contribution in [0.2, 0.25) is 0 Å². The van der Waals surface area contributed by atoms with Gasteiger partial charge in [0.1, 0.15) is 18.2 Å². The summed E-state index contributed by atoms with van der Waals surface area (Å²) in [5, 5.41) is 11.1. The Bertz CT molecular complexity index is 1860. The average molecular weight is 623 g/mol.